The second-order valence-corrected chi connectivity index (χ2v) is 7.82. The van der Waals surface area contributed by atoms with E-state index in [-0.39, 0.29) is 16.2 Å². The number of ether oxygens (including phenoxy) is 1. The average Bonchev–Trinajstić information content (AvgIpc) is 3.02. The number of halogens is 3. The van der Waals surface area contributed by atoms with E-state index < -0.39 is 23.9 Å². The average molecular weight is 455 g/mol. The molecule has 0 atom stereocenters. The molecular weight excluding hydrogens is 439 g/mol. The SMILES string of the molecule is O=C1C(SCc2ccccc2)=C(c2ccccc2)C(=O)N1c1cccc(OC(F)(F)F)c1. The van der Waals surface area contributed by atoms with Gasteiger partial charge >= 0.3 is 6.36 Å². The number of nitrogens with zero attached hydrogens (tertiary/aromatic N) is 1. The molecule has 0 aromatic heterocycles. The van der Waals surface area contributed by atoms with Crippen LogP contribution in [0.3, 0.4) is 0 Å². The molecule has 2 amide bonds. The molecule has 3 aromatic carbocycles. The van der Waals surface area contributed by atoms with E-state index in [2.05, 4.69) is 4.74 Å². The number of rotatable bonds is 6. The maximum Gasteiger partial charge on any atom is 0.573 e. The van der Waals surface area contributed by atoms with Gasteiger partial charge in [-0.15, -0.1) is 24.9 Å². The molecule has 162 valence electrons. The zero-order valence-corrected chi connectivity index (χ0v) is 17.3. The number of anilines is 1. The zero-order chi connectivity index (χ0) is 22.7. The van der Waals surface area contributed by atoms with Gasteiger partial charge in [-0.3, -0.25) is 9.59 Å². The van der Waals surface area contributed by atoms with Gasteiger partial charge in [0, 0.05) is 11.8 Å². The summed E-state index contributed by atoms with van der Waals surface area (Å²) in [5.41, 5.74) is 1.76. The predicted octanol–water partition coefficient (Wildman–Crippen LogP) is 5.80. The number of thioether (sulfide) groups is 1. The lowest BCUT2D eigenvalue weighted by molar-refractivity contribution is -0.274. The number of imide groups is 1. The van der Waals surface area contributed by atoms with Crippen LogP contribution in [0.2, 0.25) is 0 Å². The third-order valence-electron chi connectivity index (χ3n) is 4.64. The van der Waals surface area contributed by atoms with E-state index in [9.17, 15) is 22.8 Å². The highest BCUT2D eigenvalue weighted by Gasteiger charge is 2.40. The summed E-state index contributed by atoms with van der Waals surface area (Å²) in [6.45, 7) is 0. The van der Waals surface area contributed by atoms with Gasteiger partial charge in [-0.1, -0.05) is 66.7 Å². The summed E-state index contributed by atoms with van der Waals surface area (Å²) < 4.78 is 41.8. The van der Waals surface area contributed by atoms with E-state index in [4.69, 9.17) is 0 Å². The van der Waals surface area contributed by atoms with Crippen LogP contribution in [0.5, 0.6) is 5.75 Å². The van der Waals surface area contributed by atoms with E-state index in [0.717, 1.165) is 22.6 Å². The predicted molar refractivity (Wildman–Crippen MR) is 117 cm³/mol. The first-order chi connectivity index (χ1) is 15.3. The Hall–Kier alpha value is -3.52. The Morgan fingerprint density at radius 3 is 2.12 bits per heavy atom. The molecule has 1 aliphatic rings. The van der Waals surface area contributed by atoms with Crippen LogP contribution in [-0.2, 0) is 15.3 Å². The Kier molecular flexibility index (Phi) is 6.05. The quantitative estimate of drug-likeness (QED) is 0.441. The molecule has 0 aliphatic carbocycles. The second kappa shape index (κ2) is 8.92. The molecule has 0 radical (unpaired) electrons. The Morgan fingerprint density at radius 1 is 0.812 bits per heavy atom. The summed E-state index contributed by atoms with van der Waals surface area (Å²) in [5, 5.41) is 0. The van der Waals surface area contributed by atoms with Gasteiger partial charge in [0.25, 0.3) is 11.8 Å². The van der Waals surface area contributed by atoms with Gasteiger partial charge in [-0.2, -0.15) is 0 Å². The maximum atomic E-state index is 13.3. The molecule has 8 heteroatoms. The number of benzene rings is 3. The maximum absolute atomic E-state index is 13.3. The van der Waals surface area contributed by atoms with E-state index in [1.807, 2.05) is 30.3 Å². The lowest BCUT2D eigenvalue weighted by Crippen LogP contribution is -2.31. The second-order valence-electron chi connectivity index (χ2n) is 6.84. The van der Waals surface area contributed by atoms with Crippen molar-refractivity contribution in [3.05, 3.63) is 101 Å². The molecule has 0 unspecified atom stereocenters. The summed E-state index contributed by atoms with van der Waals surface area (Å²) in [7, 11) is 0. The van der Waals surface area contributed by atoms with Crippen molar-refractivity contribution in [1.29, 1.82) is 0 Å². The van der Waals surface area contributed by atoms with Crippen molar-refractivity contribution < 1.29 is 27.5 Å². The number of hydrogen-bond acceptors (Lipinski definition) is 4. The Morgan fingerprint density at radius 2 is 1.47 bits per heavy atom. The van der Waals surface area contributed by atoms with Crippen molar-refractivity contribution in [2.24, 2.45) is 0 Å². The highest BCUT2D eigenvalue weighted by atomic mass is 32.2. The first-order valence-corrected chi connectivity index (χ1v) is 10.5. The number of hydrogen-bond donors (Lipinski definition) is 0. The van der Waals surface area contributed by atoms with E-state index in [1.54, 1.807) is 30.3 Å². The Bertz CT molecular complexity index is 1180. The monoisotopic (exact) mass is 455 g/mol. The minimum absolute atomic E-state index is 0.00509. The zero-order valence-electron chi connectivity index (χ0n) is 16.5. The van der Waals surface area contributed by atoms with Gasteiger partial charge in [-0.25, -0.2) is 4.90 Å². The van der Waals surface area contributed by atoms with Crippen molar-refractivity contribution in [2.45, 2.75) is 12.1 Å². The van der Waals surface area contributed by atoms with E-state index >= 15 is 0 Å². The Balaban J connectivity index is 1.70. The van der Waals surface area contributed by atoms with Crippen LogP contribution in [0.1, 0.15) is 11.1 Å². The van der Waals surface area contributed by atoms with Crippen molar-refractivity contribution in [2.75, 3.05) is 4.90 Å². The number of amides is 2. The molecule has 4 rings (SSSR count). The van der Waals surface area contributed by atoms with Gasteiger partial charge in [0.2, 0.25) is 0 Å². The van der Waals surface area contributed by atoms with E-state index in [1.165, 1.54) is 23.9 Å². The van der Waals surface area contributed by atoms with Gasteiger partial charge in [0.1, 0.15) is 5.75 Å². The molecule has 0 N–H and O–H groups in total. The fraction of sp³-hybridized carbons (Fsp3) is 0.0833. The molecule has 0 bridgehead atoms. The summed E-state index contributed by atoms with van der Waals surface area (Å²) in [6, 6.07) is 23.0. The molecule has 1 aliphatic heterocycles. The molecule has 3 aromatic rings. The number of alkyl halides is 3. The minimum Gasteiger partial charge on any atom is -0.406 e. The molecule has 0 spiro atoms. The topological polar surface area (TPSA) is 46.6 Å². The summed E-state index contributed by atoms with van der Waals surface area (Å²) in [6.07, 6.45) is -4.89. The lowest BCUT2D eigenvalue weighted by atomic mass is 10.1. The molecule has 1 heterocycles. The highest BCUT2D eigenvalue weighted by molar-refractivity contribution is 8.03. The highest BCUT2D eigenvalue weighted by Crippen LogP contribution is 2.40. The first-order valence-electron chi connectivity index (χ1n) is 9.54. The summed E-state index contributed by atoms with van der Waals surface area (Å²) in [5.74, 6) is -1.24. The largest absolute Gasteiger partial charge is 0.573 e. The smallest absolute Gasteiger partial charge is 0.406 e. The molecular formula is C24H16F3NO3S. The third kappa shape index (κ3) is 4.70. The van der Waals surface area contributed by atoms with Crippen molar-refractivity contribution >= 4 is 34.8 Å². The van der Waals surface area contributed by atoms with Crippen LogP contribution in [0.15, 0.2) is 89.8 Å². The van der Waals surface area contributed by atoms with Crippen LogP contribution in [0.4, 0.5) is 18.9 Å². The van der Waals surface area contributed by atoms with Crippen LogP contribution in [0, 0.1) is 0 Å². The van der Waals surface area contributed by atoms with Crippen molar-refractivity contribution in [3.8, 4) is 5.75 Å². The van der Waals surface area contributed by atoms with Crippen molar-refractivity contribution in [1.82, 2.24) is 0 Å². The third-order valence-corrected chi connectivity index (χ3v) is 5.78. The Labute approximate surface area is 186 Å². The fourth-order valence-corrected chi connectivity index (χ4v) is 4.35. The lowest BCUT2D eigenvalue weighted by Gasteiger charge is -2.17. The standard InChI is InChI=1S/C24H16F3NO3S/c25-24(26,27)31-19-13-7-12-18(14-19)28-22(29)20(17-10-5-2-6-11-17)21(23(28)30)32-15-16-8-3-1-4-9-16/h1-14H,15H2. The van der Waals surface area contributed by atoms with Gasteiger partial charge in [-0.05, 0) is 23.3 Å². The first kappa shape index (κ1) is 21.7. The van der Waals surface area contributed by atoms with Crippen LogP contribution in [0.25, 0.3) is 5.57 Å². The van der Waals surface area contributed by atoms with Crippen LogP contribution < -0.4 is 9.64 Å². The summed E-state index contributed by atoms with van der Waals surface area (Å²) >= 11 is 1.22. The molecule has 32 heavy (non-hydrogen) atoms. The fourth-order valence-electron chi connectivity index (χ4n) is 3.29. The van der Waals surface area contributed by atoms with Crippen LogP contribution in [-0.4, -0.2) is 18.2 Å². The summed E-state index contributed by atoms with van der Waals surface area (Å²) in [4.78, 5) is 27.7. The molecule has 0 saturated heterocycles. The van der Waals surface area contributed by atoms with Gasteiger partial charge < -0.3 is 4.74 Å². The van der Waals surface area contributed by atoms with Crippen molar-refractivity contribution in [3.63, 3.8) is 0 Å². The van der Waals surface area contributed by atoms with E-state index in [0.29, 0.717) is 11.3 Å². The molecule has 0 fully saturated rings. The van der Waals surface area contributed by atoms with Crippen LogP contribution >= 0.6 is 11.8 Å². The minimum atomic E-state index is -4.89. The van der Waals surface area contributed by atoms with Gasteiger partial charge in [0.05, 0.1) is 16.2 Å². The molecule has 0 saturated carbocycles. The normalized spacial score (nSPS) is 14.3. The van der Waals surface area contributed by atoms with Gasteiger partial charge in [0.15, 0.2) is 0 Å². The number of carbonyl (C=O) groups excluding carboxylic acids is 2. The molecule has 4 nitrogen and oxygen atoms in total. The number of carbonyl (C=O) groups is 2.